The number of methoxy groups -OCH3 is 1. The van der Waals surface area contributed by atoms with Crippen LogP contribution in [-0.2, 0) is 9.57 Å². The predicted molar refractivity (Wildman–Crippen MR) is 39.2 cm³/mol. The molecule has 0 aromatic heterocycles. The number of hydrazine groups is 1. The summed E-state index contributed by atoms with van der Waals surface area (Å²) in [6.45, 7) is 0. The van der Waals surface area contributed by atoms with Crippen molar-refractivity contribution in [1.82, 2.24) is 11.0 Å². The lowest BCUT2D eigenvalue weighted by Gasteiger charge is -2.11. The maximum atomic E-state index is 11.9. The summed E-state index contributed by atoms with van der Waals surface area (Å²) >= 11 is 0. The number of carbonyl (C=O) groups is 1. The van der Waals surface area contributed by atoms with Crippen LogP contribution in [0, 0.1) is 0 Å². The maximum Gasteiger partial charge on any atom is 0.529 e. The predicted octanol–water partition coefficient (Wildman–Crippen LogP) is 0.369. The van der Waals surface area contributed by atoms with Crippen LogP contribution in [0.3, 0.4) is 0 Å². The van der Waals surface area contributed by atoms with E-state index >= 15 is 0 Å². The number of nitrogens with zero attached hydrogens (tertiary/aromatic N) is 1. The van der Waals surface area contributed by atoms with Gasteiger partial charge in [-0.15, -0.1) is 0 Å². The Kier molecular flexibility index (Phi) is 4.70. The molecule has 0 heterocycles. The lowest BCUT2D eigenvalue weighted by Crippen LogP contribution is -2.46. The van der Waals surface area contributed by atoms with Crippen molar-refractivity contribution in [1.29, 1.82) is 0 Å². The monoisotopic (exact) mass is 215 g/mol. The quantitative estimate of drug-likeness (QED) is 0.301. The van der Waals surface area contributed by atoms with Gasteiger partial charge in [-0.3, -0.25) is 10.4 Å². The minimum atomic E-state index is -4.65. The number of hydrogen-bond donors (Lipinski definition) is 2. The van der Waals surface area contributed by atoms with Gasteiger partial charge < -0.3 is 9.57 Å². The van der Waals surface area contributed by atoms with Crippen LogP contribution in [0.2, 0.25) is 0 Å². The van der Waals surface area contributed by atoms with Gasteiger partial charge in [-0.1, -0.05) is 5.59 Å². The summed E-state index contributed by atoms with van der Waals surface area (Å²) in [6.07, 6.45) is -5.84. The van der Waals surface area contributed by atoms with Crippen LogP contribution in [0.4, 0.5) is 18.0 Å². The Labute approximate surface area is 77.0 Å². The summed E-state index contributed by atoms with van der Waals surface area (Å²) in [5.74, 6) is -1.33. The number of nitrogens with one attached hydrogen (secondary N) is 2. The zero-order valence-corrected chi connectivity index (χ0v) is 7.31. The van der Waals surface area contributed by atoms with E-state index < -0.39 is 18.2 Å². The molecule has 0 unspecified atom stereocenters. The number of rotatable bonds is 2. The summed E-state index contributed by atoms with van der Waals surface area (Å²) in [5.41, 5.74) is 3.04. The van der Waals surface area contributed by atoms with Gasteiger partial charge in [-0.2, -0.15) is 13.2 Å². The van der Waals surface area contributed by atoms with Crippen molar-refractivity contribution in [3.8, 4) is 0 Å². The number of alkyl halides is 3. The highest BCUT2D eigenvalue weighted by molar-refractivity contribution is 5.86. The zero-order valence-electron chi connectivity index (χ0n) is 7.31. The van der Waals surface area contributed by atoms with Crippen molar-refractivity contribution in [3.05, 3.63) is 0 Å². The number of ether oxygens (including phenoxy) is 1. The van der Waals surface area contributed by atoms with Crippen LogP contribution in [0.25, 0.3) is 0 Å². The minimum absolute atomic E-state index is 0.926. The van der Waals surface area contributed by atoms with Gasteiger partial charge in [0, 0.05) is 7.05 Å². The fourth-order valence-corrected chi connectivity index (χ4v) is 0.411. The van der Waals surface area contributed by atoms with E-state index in [0.29, 0.717) is 0 Å². The first-order valence-electron chi connectivity index (χ1n) is 3.21. The molecule has 9 heteroatoms. The van der Waals surface area contributed by atoms with Crippen LogP contribution >= 0.6 is 0 Å². The van der Waals surface area contributed by atoms with E-state index in [9.17, 15) is 18.0 Å². The third kappa shape index (κ3) is 4.50. The molecular formula is C5H8F3N3O3. The zero-order chi connectivity index (χ0) is 11.2. The first kappa shape index (κ1) is 12.5. The number of aliphatic imine (C=N–C) groups is 1. The average Bonchev–Trinajstić information content (AvgIpc) is 2.09. The molecule has 0 fully saturated rings. The number of hydrogen-bond acceptors (Lipinski definition) is 5. The molecule has 6 nitrogen and oxygen atoms in total. The summed E-state index contributed by atoms with van der Waals surface area (Å²) in [7, 11) is 1.93. The van der Waals surface area contributed by atoms with Gasteiger partial charge in [-0.25, -0.2) is 4.79 Å². The van der Waals surface area contributed by atoms with Crippen LogP contribution in [0.5, 0.6) is 0 Å². The van der Waals surface area contributed by atoms with Gasteiger partial charge in [0.05, 0.1) is 7.11 Å². The van der Waals surface area contributed by atoms with Crippen molar-refractivity contribution in [2.24, 2.45) is 4.99 Å². The lowest BCUT2D eigenvalue weighted by atomic mass is 10.6. The third-order valence-corrected chi connectivity index (χ3v) is 0.963. The first-order valence-corrected chi connectivity index (χ1v) is 3.21. The highest BCUT2D eigenvalue weighted by Crippen LogP contribution is 2.14. The van der Waals surface area contributed by atoms with Crippen molar-refractivity contribution in [3.63, 3.8) is 0 Å². The molecule has 2 N–H and O–H groups in total. The van der Waals surface area contributed by atoms with E-state index in [1.54, 1.807) is 0 Å². The summed E-state index contributed by atoms with van der Waals surface area (Å²) < 4.78 is 39.7. The Hall–Kier alpha value is -1.51. The molecule has 14 heavy (non-hydrogen) atoms. The molecule has 0 saturated carbocycles. The molecule has 0 atom stereocenters. The molecule has 0 aromatic rings. The van der Waals surface area contributed by atoms with Gasteiger partial charge in [0.2, 0.25) is 5.84 Å². The molecule has 0 radical (unpaired) electrons. The first-order chi connectivity index (χ1) is 6.41. The smallest absolute Gasteiger partial charge is 0.436 e. The van der Waals surface area contributed by atoms with Crippen molar-refractivity contribution >= 4 is 12.0 Å². The topological polar surface area (TPSA) is 72.0 Å². The second kappa shape index (κ2) is 5.27. The number of halogens is 3. The van der Waals surface area contributed by atoms with Crippen molar-refractivity contribution in [2.75, 3.05) is 14.2 Å². The highest BCUT2D eigenvalue weighted by atomic mass is 19.4. The highest BCUT2D eigenvalue weighted by Gasteiger charge is 2.35. The molecule has 82 valence electrons. The largest absolute Gasteiger partial charge is 0.529 e. The normalized spacial score (nSPS) is 12.2. The molecule has 0 aliphatic rings. The Balaban J connectivity index is 3.94. The molecule has 0 rings (SSSR count). The maximum absolute atomic E-state index is 11.9. The Bertz CT molecular complexity index is 228. The van der Waals surface area contributed by atoms with E-state index in [-0.39, 0.29) is 0 Å². The van der Waals surface area contributed by atoms with E-state index in [1.165, 1.54) is 11.0 Å². The van der Waals surface area contributed by atoms with Gasteiger partial charge >= 0.3 is 12.3 Å². The lowest BCUT2D eigenvalue weighted by molar-refractivity contribution is -0.0670. The molecule has 0 amide bonds. The Morgan fingerprint density at radius 2 is 2.00 bits per heavy atom. The third-order valence-electron chi connectivity index (χ3n) is 0.963. The van der Waals surface area contributed by atoms with Gasteiger partial charge in [0.1, 0.15) is 0 Å². The van der Waals surface area contributed by atoms with E-state index in [1.807, 2.05) is 0 Å². The standard InChI is InChI=1S/C5H8F3N3O3/c1-9-3(5(6,7)8)10-11-14-4(12)13-2/h11H,1-2H3,(H,9,10). The van der Waals surface area contributed by atoms with Gasteiger partial charge in [0.15, 0.2) is 0 Å². The SMILES string of the molecule is CN=C(NNOC(=O)OC)C(F)(F)F. The average molecular weight is 215 g/mol. The number of amidine groups is 1. The summed E-state index contributed by atoms with van der Waals surface area (Å²) in [4.78, 5) is 17.0. The van der Waals surface area contributed by atoms with Gasteiger partial charge in [-0.05, 0) is 0 Å². The molecule has 0 spiro atoms. The Morgan fingerprint density at radius 3 is 2.36 bits per heavy atom. The fraction of sp³-hybridized carbons (Fsp3) is 0.600. The second-order valence-electron chi connectivity index (χ2n) is 1.85. The molecule has 0 aliphatic heterocycles. The summed E-state index contributed by atoms with van der Waals surface area (Å²) in [5, 5.41) is 0. The van der Waals surface area contributed by atoms with Crippen LogP contribution in [0.15, 0.2) is 4.99 Å². The second-order valence-corrected chi connectivity index (χ2v) is 1.85. The van der Waals surface area contributed by atoms with Crippen LogP contribution < -0.4 is 11.0 Å². The molecular weight excluding hydrogens is 207 g/mol. The molecule has 0 aromatic carbocycles. The fourth-order valence-electron chi connectivity index (χ4n) is 0.411. The van der Waals surface area contributed by atoms with E-state index in [2.05, 4.69) is 14.6 Å². The van der Waals surface area contributed by atoms with Crippen LogP contribution in [-0.4, -0.2) is 32.3 Å². The van der Waals surface area contributed by atoms with Crippen molar-refractivity contribution in [2.45, 2.75) is 6.18 Å². The van der Waals surface area contributed by atoms with Crippen LogP contribution in [0.1, 0.15) is 0 Å². The van der Waals surface area contributed by atoms with E-state index in [0.717, 1.165) is 14.2 Å². The summed E-state index contributed by atoms with van der Waals surface area (Å²) in [6, 6.07) is 0. The number of carbonyl (C=O) groups excluding carboxylic acids is 1. The van der Waals surface area contributed by atoms with E-state index in [4.69, 9.17) is 0 Å². The Morgan fingerprint density at radius 1 is 1.43 bits per heavy atom. The van der Waals surface area contributed by atoms with Crippen molar-refractivity contribution < 1.29 is 27.5 Å². The van der Waals surface area contributed by atoms with Gasteiger partial charge in [0.25, 0.3) is 0 Å². The molecule has 0 aliphatic carbocycles. The minimum Gasteiger partial charge on any atom is -0.436 e. The molecule has 0 bridgehead atoms. The molecule has 0 saturated heterocycles.